The largest absolute Gasteiger partial charge is 0.288 e. The SMILES string of the molecule is N#CC(C#N)C(c1ccc(Br)cc1)c1c(-c2ccccc2)[nH]n(-c2nc(-c3ccccc3)cs2)c1=O. The Morgan fingerprint density at radius 3 is 2.11 bits per heavy atom. The molecule has 0 fully saturated rings. The van der Waals surface area contributed by atoms with Gasteiger partial charge in [0, 0.05) is 21.3 Å². The second kappa shape index (κ2) is 10.2. The van der Waals surface area contributed by atoms with E-state index in [1.54, 1.807) is 0 Å². The van der Waals surface area contributed by atoms with Crippen molar-refractivity contribution in [1.29, 1.82) is 10.5 Å². The van der Waals surface area contributed by atoms with E-state index in [1.807, 2.05) is 90.3 Å². The lowest BCUT2D eigenvalue weighted by Gasteiger charge is -2.18. The number of hydrogen-bond acceptors (Lipinski definition) is 5. The first-order valence-corrected chi connectivity index (χ1v) is 12.7. The van der Waals surface area contributed by atoms with Crippen molar-refractivity contribution < 1.29 is 0 Å². The average molecular weight is 552 g/mol. The van der Waals surface area contributed by atoms with Crippen LogP contribution in [0.15, 0.2) is 99.6 Å². The molecule has 0 bridgehead atoms. The van der Waals surface area contributed by atoms with Gasteiger partial charge in [-0.1, -0.05) is 88.7 Å². The lowest BCUT2D eigenvalue weighted by Crippen LogP contribution is -2.23. The summed E-state index contributed by atoms with van der Waals surface area (Å²) in [6.07, 6.45) is 0. The molecule has 36 heavy (non-hydrogen) atoms. The summed E-state index contributed by atoms with van der Waals surface area (Å²) in [4.78, 5) is 18.7. The number of nitrogens with zero attached hydrogens (tertiary/aromatic N) is 4. The molecule has 0 saturated heterocycles. The molecule has 0 radical (unpaired) electrons. The second-order valence-electron chi connectivity index (χ2n) is 8.05. The number of nitrogens with one attached hydrogen (secondary N) is 1. The monoisotopic (exact) mass is 551 g/mol. The van der Waals surface area contributed by atoms with E-state index in [4.69, 9.17) is 4.98 Å². The number of H-pyrrole nitrogens is 1. The molecule has 2 aromatic heterocycles. The van der Waals surface area contributed by atoms with Crippen LogP contribution in [0, 0.1) is 28.6 Å². The van der Waals surface area contributed by atoms with Gasteiger partial charge in [0.05, 0.1) is 29.1 Å². The molecule has 0 aliphatic carbocycles. The third-order valence-corrected chi connectivity index (χ3v) is 7.25. The van der Waals surface area contributed by atoms with Crippen LogP contribution in [-0.4, -0.2) is 14.8 Å². The van der Waals surface area contributed by atoms with Crippen LogP contribution < -0.4 is 5.56 Å². The molecule has 3 aromatic carbocycles. The molecule has 0 saturated carbocycles. The van der Waals surface area contributed by atoms with Crippen molar-refractivity contribution in [3.8, 4) is 39.8 Å². The lowest BCUT2D eigenvalue weighted by molar-refractivity contribution is 0.703. The molecule has 1 N–H and O–H groups in total. The first-order valence-electron chi connectivity index (χ1n) is 11.1. The molecule has 1 unspecified atom stereocenters. The van der Waals surface area contributed by atoms with E-state index >= 15 is 0 Å². The fraction of sp³-hybridized carbons (Fsp3) is 0.0714. The van der Waals surface area contributed by atoms with E-state index < -0.39 is 11.8 Å². The van der Waals surface area contributed by atoms with Gasteiger partial charge in [-0.3, -0.25) is 9.89 Å². The second-order valence-corrected chi connectivity index (χ2v) is 9.81. The molecule has 0 aliphatic heterocycles. The summed E-state index contributed by atoms with van der Waals surface area (Å²) in [5.41, 5.74) is 3.76. The zero-order chi connectivity index (χ0) is 25.1. The molecule has 5 rings (SSSR count). The van der Waals surface area contributed by atoms with E-state index in [2.05, 4.69) is 33.2 Å². The molecule has 5 aromatic rings. The number of benzene rings is 3. The number of hydrogen-bond donors (Lipinski definition) is 1. The maximum Gasteiger partial charge on any atom is 0.277 e. The topological polar surface area (TPSA) is 98.3 Å². The molecular weight excluding hydrogens is 534 g/mol. The maximum absolute atomic E-state index is 14.0. The molecular formula is C28H18BrN5OS. The third kappa shape index (κ3) is 4.40. The number of aromatic nitrogens is 3. The third-order valence-electron chi connectivity index (χ3n) is 5.89. The zero-order valence-electron chi connectivity index (χ0n) is 18.8. The van der Waals surface area contributed by atoms with E-state index in [-0.39, 0.29) is 5.56 Å². The van der Waals surface area contributed by atoms with E-state index in [1.165, 1.54) is 16.0 Å². The number of thiazole rings is 1. The first kappa shape index (κ1) is 23.5. The minimum Gasteiger partial charge on any atom is -0.288 e. The molecule has 1 atom stereocenters. The molecule has 0 spiro atoms. The van der Waals surface area contributed by atoms with Crippen LogP contribution in [-0.2, 0) is 0 Å². The summed E-state index contributed by atoms with van der Waals surface area (Å²) >= 11 is 4.78. The summed E-state index contributed by atoms with van der Waals surface area (Å²) in [5, 5.41) is 25.3. The van der Waals surface area contributed by atoms with Gasteiger partial charge in [-0.15, -0.1) is 11.3 Å². The van der Waals surface area contributed by atoms with Gasteiger partial charge < -0.3 is 0 Å². The Labute approximate surface area is 219 Å². The highest BCUT2D eigenvalue weighted by molar-refractivity contribution is 9.10. The molecule has 0 amide bonds. The molecule has 0 aliphatic rings. The highest BCUT2D eigenvalue weighted by Crippen LogP contribution is 2.36. The van der Waals surface area contributed by atoms with Crippen LogP contribution >= 0.6 is 27.3 Å². The van der Waals surface area contributed by atoms with Gasteiger partial charge in [0.15, 0.2) is 0 Å². The van der Waals surface area contributed by atoms with Crippen molar-refractivity contribution in [1.82, 2.24) is 14.8 Å². The normalized spacial score (nSPS) is 11.7. The van der Waals surface area contributed by atoms with Crippen LogP contribution in [0.3, 0.4) is 0 Å². The summed E-state index contributed by atoms with van der Waals surface area (Å²) in [7, 11) is 0. The molecule has 2 heterocycles. The van der Waals surface area contributed by atoms with Crippen molar-refractivity contribution >= 4 is 27.3 Å². The highest BCUT2D eigenvalue weighted by Gasteiger charge is 2.33. The molecule has 6 nitrogen and oxygen atoms in total. The van der Waals surface area contributed by atoms with Gasteiger partial charge in [-0.25, -0.2) is 4.98 Å². The smallest absolute Gasteiger partial charge is 0.277 e. The highest BCUT2D eigenvalue weighted by atomic mass is 79.9. The van der Waals surface area contributed by atoms with Gasteiger partial charge in [-0.05, 0) is 23.3 Å². The van der Waals surface area contributed by atoms with Crippen LogP contribution in [0.2, 0.25) is 0 Å². The Morgan fingerprint density at radius 2 is 1.50 bits per heavy atom. The summed E-state index contributed by atoms with van der Waals surface area (Å²) < 4.78 is 2.27. The van der Waals surface area contributed by atoms with E-state index in [0.29, 0.717) is 22.0 Å². The number of nitriles is 2. The Hall–Kier alpha value is -4.24. The van der Waals surface area contributed by atoms with Crippen LogP contribution in [0.25, 0.3) is 27.6 Å². The fourth-order valence-corrected chi connectivity index (χ4v) is 5.24. The summed E-state index contributed by atoms with van der Waals surface area (Å²) in [6, 6.07) is 30.7. The standard InChI is InChI=1S/C28H18BrN5OS/c29-22-13-11-19(12-14-22)24(21(15-30)16-31)25-26(20-9-5-2-6-10-20)33-34(27(25)35)28-32-23(17-36-28)18-7-3-1-4-8-18/h1-14,17,21,24,33H. The predicted molar refractivity (Wildman–Crippen MR) is 144 cm³/mol. The minimum absolute atomic E-state index is 0.341. The van der Waals surface area contributed by atoms with Crippen LogP contribution in [0.4, 0.5) is 0 Å². The minimum atomic E-state index is -1.07. The summed E-state index contributed by atoms with van der Waals surface area (Å²) in [5.74, 6) is -1.83. The predicted octanol–water partition coefficient (Wildman–Crippen LogP) is 6.51. The Morgan fingerprint density at radius 1 is 0.889 bits per heavy atom. The van der Waals surface area contributed by atoms with Crippen LogP contribution in [0.5, 0.6) is 0 Å². The van der Waals surface area contributed by atoms with Crippen LogP contribution in [0.1, 0.15) is 17.0 Å². The lowest BCUT2D eigenvalue weighted by atomic mass is 9.81. The van der Waals surface area contributed by atoms with Gasteiger partial charge in [0.25, 0.3) is 5.56 Å². The van der Waals surface area contributed by atoms with Crippen molar-refractivity contribution in [3.05, 3.63) is 116 Å². The Kier molecular flexibility index (Phi) is 6.64. The van der Waals surface area contributed by atoms with Gasteiger partial charge in [0.1, 0.15) is 5.92 Å². The maximum atomic E-state index is 14.0. The number of halogens is 1. The quantitative estimate of drug-likeness (QED) is 0.260. The number of rotatable bonds is 6. The van der Waals surface area contributed by atoms with Crippen molar-refractivity contribution in [2.75, 3.05) is 0 Å². The zero-order valence-corrected chi connectivity index (χ0v) is 21.2. The Bertz CT molecular complexity index is 1630. The number of aromatic amines is 1. The van der Waals surface area contributed by atoms with Gasteiger partial charge >= 0.3 is 0 Å². The molecule has 8 heteroatoms. The molecule has 174 valence electrons. The van der Waals surface area contributed by atoms with Gasteiger partial charge in [-0.2, -0.15) is 15.2 Å². The van der Waals surface area contributed by atoms with E-state index in [9.17, 15) is 15.3 Å². The van der Waals surface area contributed by atoms with Crippen molar-refractivity contribution in [2.24, 2.45) is 5.92 Å². The summed E-state index contributed by atoms with van der Waals surface area (Å²) in [6.45, 7) is 0. The Balaban J connectivity index is 1.74. The fourth-order valence-electron chi connectivity index (χ4n) is 4.18. The first-order chi connectivity index (χ1) is 17.6. The van der Waals surface area contributed by atoms with E-state index in [0.717, 1.165) is 21.3 Å². The van der Waals surface area contributed by atoms with Crippen molar-refractivity contribution in [3.63, 3.8) is 0 Å². The van der Waals surface area contributed by atoms with Gasteiger partial charge in [0.2, 0.25) is 5.13 Å². The van der Waals surface area contributed by atoms with Crippen molar-refractivity contribution in [2.45, 2.75) is 5.92 Å². The average Bonchev–Trinajstić information content (AvgIpc) is 3.54.